The lowest BCUT2D eigenvalue weighted by molar-refractivity contribution is -0.144. The molecule has 1 saturated carbocycles. The Morgan fingerprint density at radius 3 is 2.54 bits per heavy atom. The maximum atomic E-state index is 12.5. The van der Waals surface area contributed by atoms with Gasteiger partial charge in [0.15, 0.2) is 0 Å². The van der Waals surface area contributed by atoms with E-state index in [0.29, 0.717) is 19.4 Å². The number of amides is 1. The summed E-state index contributed by atoms with van der Waals surface area (Å²) in [6.45, 7) is 0.632. The molecule has 0 aromatic heterocycles. The molecule has 24 heavy (non-hydrogen) atoms. The summed E-state index contributed by atoms with van der Waals surface area (Å²) in [6, 6.07) is 10.2. The average molecular weight is 331 g/mol. The number of hydrogen-bond donors (Lipinski definition) is 2. The molecule has 1 amide bonds. The maximum absolute atomic E-state index is 12.5. The Balaban J connectivity index is 1.55. The molecule has 2 aliphatic rings. The molecule has 1 saturated heterocycles. The SMILES string of the molecule is O=C(O)C1CCCC(C(=O)NC2CCOC(c3ccccc3)C2)C1. The van der Waals surface area contributed by atoms with Crippen molar-refractivity contribution in [3.8, 4) is 0 Å². The van der Waals surface area contributed by atoms with E-state index in [-0.39, 0.29) is 29.9 Å². The standard InChI is InChI=1S/C19H25NO4/c21-18(14-7-4-8-15(11-14)19(22)23)20-16-9-10-24-17(12-16)13-5-2-1-3-6-13/h1-3,5-6,14-17H,4,7-12H2,(H,20,21)(H,22,23). The summed E-state index contributed by atoms with van der Waals surface area (Å²) in [7, 11) is 0. The summed E-state index contributed by atoms with van der Waals surface area (Å²) < 4.78 is 5.84. The first-order chi connectivity index (χ1) is 11.6. The Labute approximate surface area is 142 Å². The Morgan fingerprint density at radius 1 is 1.04 bits per heavy atom. The number of ether oxygens (including phenoxy) is 1. The number of carbonyl (C=O) groups is 2. The Hall–Kier alpha value is -1.88. The van der Waals surface area contributed by atoms with Crippen LogP contribution < -0.4 is 5.32 Å². The van der Waals surface area contributed by atoms with Crippen molar-refractivity contribution in [2.45, 2.75) is 50.7 Å². The van der Waals surface area contributed by atoms with Gasteiger partial charge < -0.3 is 15.2 Å². The highest BCUT2D eigenvalue weighted by atomic mass is 16.5. The van der Waals surface area contributed by atoms with Crippen LogP contribution in [0, 0.1) is 11.8 Å². The molecule has 1 aromatic carbocycles. The van der Waals surface area contributed by atoms with E-state index in [1.807, 2.05) is 30.3 Å². The highest BCUT2D eigenvalue weighted by Crippen LogP contribution is 2.31. The van der Waals surface area contributed by atoms with Crippen molar-refractivity contribution in [2.75, 3.05) is 6.61 Å². The predicted molar refractivity (Wildman–Crippen MR) is 89.4 cm³/mol. The van der Waals surface area contributed by atoms with E-state index in [0.717, 1.165) is 31.2 Å². The van der Waals surface area contributed by atoms with Crippen molar-refractivity contribution in [2.24, 2.45) is 11.8 Å². The summed E-state index contributed by atoms with van der Waals surface area (Å²) in [5, 5.41) is 12.3. The summed E-state index contributed by atoms with van der Waals surface area (Å²) in [4.78, 5) is 23.7. The second kappa shape index (κ2) is 7.79. The van der Waals surface area contributed by atoms with Crippen molar-refractivity contribution in [3.05, 3.63) is 35.9 Å². The fourth-order valence-corrected chi connectivity index (χ4v) is 3.80. The zero-order valence-corrected chi connectivity index (χ0v) is 13.8. The first-order valence-electron chi connectivity index (χ1n) is 8.83. The second-order valence-electron chi connectivity index (χ2n) is 6.90. The molecule has 4 atom stereocenters. The molecule has 2 N–H and O–H groups in total. The van der Waals surface area contributed by atoms with E-state index >= 15 is 0 Å². The number of carboxylic acid groups (broad SMARTS) is 1. The largest absolute Gasteiger partial charge is 0.481 e. The minimum atomic E-state index is -0.775. The number of hydrogen-bond acceptors (Lipinski definition) is 3. The van der Waals surface area contributed by atoms with Crippen LogP contribution in [0.25, 0.3) is 0 Å². The summed E-state index contributed by atoms with van der Waals surface area (Å²) in [6.07, 6.45) is 4.35. The number of rotatable bonds is 4. The average Bonchev–Trinajstić information content (AvgIpc) is 2.63. The second-order valence-corrected chi connectivity index (χ2v) is 6.90. The molecule has 1 aliphatic heterocycles. The van der Waals surface area contributed by atoms with Gasteiger partial charge in [-0.2, -0.15) is 0 Å². The zero-order chi connectivity index (χ0) is 16.9. The lowest BCUT2D eigenvalue weighted by Crippen LogP contribution is -2.44. The van der Waals surface area contributed by atoms with Crippen LogP contribution in [0.15, 0.2) is 30.3 Å². The number of aliphatic carboxylic acids is 1. The number of carbonyl (C=O) groups excluding carboxylic acids is 1. The quantitative estimate of drug-likeness (QED) is 0.889. The normalized spacial score (nSPS) is 30.5. The molecular formula is C19H25NO4. The molecular weight excluding hydrogens is 306 g/mol. The minimum absolute atomic E-state index is 0.0136. The Bertz CT molecular complexity index is 574. The lowest BCUT2D eigenvalue weighted by atomic mass is 9.81. The molecule has 2 fully saturated rings. The van der Waals surface area contributed by atoms with Gasteiger partial charge in [-0.15, -0.1) is 0 Å². The van der Waals surface area contributed by atoms with Gasteiger partial charge >= 0.3 is 5.97 Å². The molecule has 5 heteroatoms. The molecule has 1 heterocycles. The predicted octanol–water partition coefficient (Wildman–Crippen LogP) is 2.91. The molecule has 1 aliphatic carbocycles. The fraction of sp³-hybridized carbons (Fsp3) is 0.579. The fourth-order valence-electron chi connectivity index (χ4n) is 3.80. The Morgan fingerprint density at radius 2 is 1.79 bits per heavy atom. The highest BCUT2D eigenvalue weighted by Gasteiger charge is 2.33. The molecule has 5 nitrogen and oxygen atoms in total. The van der Waals surface area contributed by atoms with Crippen molar-refractivity contribution in [3.63, 3.8) is 0 Å². The molecule has 4 unspecified atom stereocenters. The third-order valence-corrected chi connectivity index (χ3v) is 5.20. The summed E-state index contributed by atoms with van der Waals surface area (Å²) in [5.41, 5.74) is 1.14. The molecule has 1 aromatic rings. The first-order valence-corrected chi connectivity index (χ1v) is 8.83. The van der Waals surface area contributed by atoms with Crippen LogP contribution in [0.4, 0.5) is 0 Å². The topological polar surface area (TPSA) is 75.6 Å². The van der Waals surface area contributed by atoms with Gasteiger partial charge in [0, 0.05) is 18.6 Å². The molecule has 130 valence electrons. The van der Waals surface area contributed by atoms with Gasteiger partial charge in [-0.3, -0.25) is 9.59 Å². The van der Waals surface area contributed by atoms with Gasteiger partial charge in [-0.25, -0.2) is 0 Å². The van der Waals surface area contributed by atoms with Gasteiger partial charge in [-0.05, 0) is 37.7 Å². The van der Waals surface area contributed by atoms with E-state index in [1.54, 1.807) is 0 Å². The Kier molecular flexibility index (Phi) is 5.51. The molecule has 0 bridgehead atoms. The minimum Gasteiger partial charge on any atom is -0.481 e. The monoisotopic (exact) mass is 331 g/mol. The number of nitrogens with one attached hydrogen (secondary N) is 1. The van der Waals surface area contributed by atoms with Crippen molar-refractivity contribution < 1.29 is 19.4 Å². The lowest BCUT2D eigenvalue weighted by Gasteiger charge is -2.32. The van der Waals surface area contributed by atoms with Crippen LogP contribution in [0.2, 0.25) is 0 Å². The van der Waals surface area contributed by atoms with Gasteiger partial charge in [0.05, 0.1) is 12.0 Å². The number of benzene rings is 1. The summed E-state index contributed by atoms with van der Waals surface area (Å²) >= 11 is 0. The van der Waals surface area contributed by atoms with E-state index in [2.05, 4.69) is 5.32 Å². The number of carboxylic acids is 1. The first kappa shape index (κ1) is 17.0. The van der Waals surface area contributed by atoms with E-state index < -0.39 is 5.97 Å². The van der Waals surface area contributed by atoms with Crippen LogP contribution in [-0.2, 0) is 14.3 Å². The third kappa shape index (κ3) is 4.15. The molecule has 0 spiro atoms. The van der Waals surface area contributed by atoms with E-state index in [4.69, 9.17) is 4.74 Å². The van der Waals surface area contributed by atoms with Gasteiger partial charge in [0.1, 0.15) is 0 Å². The maximum Gasteiger partial charge on any atom is 0.306 e. The van der Waals surface area contributed by atoms with Crippen LogP contribution in [-0.4, -0.2) is 29.6 Å². The van der Waals surface area contributed by atoms with Crippen LogP contribution in [0.5, 0.6) is 0 Å². The van der Waals surface area contributed by atoms with Crippen molar-refractivity contribution in [1.29, 1.82) is 0 Å². The van der Waals surface area contributed by atoms with Gasteiger partial charge in [0.2, 0.25) is 5.91 Å². The third-order valence-electron chi connectivity index (χ3n) is 5.20. The van der Waals surface area contributed by atoms with Crippen LogP contribution in [0.1, 0.15) is 50.2 Å². The zero-order valence-electron chi connectivity index (χ0n) is 13.8. The van der Waals surface area contributed by atoms with E-state index in [9.17, 15) is 14.7 Å². The summed E-state index contributed by atoms with van der Waals surface area (Å²) in [5.74, 6) is -1.30. The molecule has 3 rings (SSSR count). The van der Waals surface area contributed by atoms with E-state index in [1.165, 1.54) is 0 Å². The van der Waals surface area contributed by atoms with Crippen molar-refractivity contribution in [1.82, 2.24) is 5.32 Å². The highest BCUT2D eigenvalue weighted by molar-refractivity contribution is 5.80. The van der Waals surface area contributed by atoms with Crippen molar-refractivity contribution >= 4 is 11.9 Å². The van der Waals surface area contributed by atoms with Gasteiger partial charge in [-0.1, -0.05) is 36.8 Å². The van der Waals surface area contributed by atoms with Crippen LogP contribution >= 0.6 is 0 Å². The van der Waals surface area contributed by atoms with Gasteiger partial charge in [0.25, 0.3) is 0 Å². The smallest absolute Gasteiger partial charge is 0.306 e. The van der Waals surface area contributed by atoms with Crippen LogP contribution in [0.3, 0.4) is 0 Å². The molecule has 0 radical (unpaired) electrons.